The summed E-state index contributed by atoms with van der Waals surface area (Å²) in [5.41, 5.74) is 3.74. The first-order valence-corrected chi connectivity index (χ1v) is 8.00. The fraction of sp³-hybridized carbons (Fsp3) is 0.150. The molecule has 2 heterocycles. The van der Waals surface area contributed by atoms with Crippen LogP contribution >= 0.6 is 0 Å². The molecule has 6 nitrogen and oxygen atoms in total. The summed E-state index contributed by atoms with van der Waals surface area (Å²) in [7, 11) is 1.31. The van der Waals surface area contributed by atoms with Crippen molar-refractivity contribution in [1.29, 1.82) is 0 Å². The number of carbonyl (C=O) groups is 2. The smallest absolute Gasteiger partial charge is 0.373 e. The number of hydrogen-bond acceptors (Lipinski definition) is 5. The van der Waals surface area contributed by atoms with E-state index in [2.05, 4.69) is 15.0 Å². The molecule has 1 amide bonds. The second-order valence-corrected chi connectivity index (χ2v) is 5.79. The molecular formula is C20H18N2O4. The molecule has 0 saturated carbocycles. The fourth-order valence-electron chi connectivity index (χ4n) is 2.63. The third-order valence-electron chi connectivity index (χ3n) is 4.02. The van der Waals surface area contributed by atoms with Crippen molar-refractivity contribution in [3.05, 3.63) is 71.4 Å². The Balaban J connectivity index is 1.79. The lowest BCUT2D eigenvalue weighted by Gasteiger charge is -2.08. The first-order valence-electron chi connectivity index (χ1n) is 8.00. The van der Waals surface area contributed by atoms with Gasteiger partial charge in [0.25, 0.3) is 5.91 Å². The zero-order valence-corrected chi connectivity index (χ0v) is 14.7. The number of hydrogen-bond donors (Lipinski definition) is 1. The Bertz CT molecular complexity index is 958. The molecule has 0 aliphatic carbocycles. The van der Waals surface area contributed by atoms with Crippen LogP contribution in [0.15, 0.2) is 53.2 Å². The zero-order chi connectivity index (χ0) is 18.7. The van der Waals surface area contributed by atoms with Crippen LogP contribution in [0.1, 0.15) is 32.2 Å². The van der Waals surface area contributed by atoms with Gasteiger partial charge in [0.1, 0.15) is 5.76 Å². The van der Waals surface area contributed by atoms with Gasteiger partial charge in [-0.05, 0) is 49.2 Å². The lowest BCUT2D eigenvalue weighted by molar-refractivity contribution is 0.0563. The van der Waals surface area contributed by atoms with E-state index in [-0.39, 0.29) is 11.7 Å². The maximum atomic E-state index is 12.4. The van der Waals surface area contributed by atoms with Gasteiger partial charge in [-0.25, -0.2) is 4.79 Å². The number of rotatable bonds is 4. The maximum Gasteiger partial charge on any atom is 0.373 e. The van der Waals surface area contributed by atoms with Gasteiger partial charge in [0.2, 0.25) is 5.76 Å². The van der Waals surface area contributed by atoms with Crippen molar-refractivity contribution in [3.63, 3.8) is 0 Å². The van der Waals surface area contributed by atoms with Gasteiger partial charge in [-0.3, -0.25) is 9.78 Å². The first kappa shape index (κ1) is 17.4. The van der Waals surface area contributed by atoms with Crippen molar-refractivity contribution >= 4 is 17.6 Å². The van der Waals surface area contributed by atoms with Gasteiger partial charge in [-0.15, -0.1) is 0 Å². The van der Waals surface area contributed by atoms with Crippen LogP contribution in [0, 0.1) is 13.8 Å². The number of carbonyl (C=O) groups excluding carboxylic acids is 2. The Morgan fingerprint density at radius 3 is 2.50 bits per heavy atom. The Hall–Kier alpha value is -3.41. The van der Waals surface area contributed by atoms with Crippen molar-refractivity contribution < 1.29 is 18.7 Å². The lowest BCUT2D eigenvalue weighted by Crippen LogP contribution is -2.13. The van der Waals surface area contributed by atoms with Crippen molar-refractivity contribution in [1.82, 2.24) is 4.98 Å². The SMILES string of the molecule is COC(=O)c1cc(-c2ccc(NC(=O)c3ccncc3C)cc2)c(C)o1. The van der Waals surface area contributed by atoms with Crippen LogP contribution in [-0.2, 0) is 4.74 Å². The van der Waals surface area contributed by atoms with Crippen LogP contribution in [0.5, 0.6) is 0 Å². The second kappa shape index (κ2) is 7.23. The van der Waals surface area contributed by atoms with E-state index in [9.17, 15) is 9.59 Å². The summed E-state index contributed by atoms with van der Waals surface area (Å²) >= 11 is 0. The summed E-state index contributed by atoms with van der Waals surface area (Å²) in [6, 6.07) is 10.6. The number of aryl methyl sites for hydroxylation is 2. The standard InChI is InChI=1S/C20H18N2O4/c1-12-11-21-9-8-16(12)19(23)22-15-6-4-14(5-7-15)17-10-18(20(24)25-3)26-13(17)2/h4-11H,1-3H3,(H,22,23). The molecule has 0 unspecified atom stereocenters. The average molecular weight is 350 g/mol. The first-order chi connectivity index (χ1) is 12.5. The van der Waals surface area contributed by atoms with Gasteiger partial charge in [0, 0.05) is 29.2 Å². The minimum absolute atomic E-state index is 0.158. The third kappa shape index (κ3) is 3.49. The predicted molar refractivity (Wildman–Crippen MR) is 97.1 cm³/mol. The van der Waals surface area contributed by atoms with Crippen molar-refractivity contribution in [3.8, 4) is 11.1 Å². The van der Waals surface area contributed by atoms with Gasteiger partial charge < -0.3 is 14.5 Å². The minimum atomic E-state index is -0.518. The highest BCUT2D eigenvalue weighted by Gasteiger charge is 2.16. The molecule has 0 bridgehead atoms. The molecule has 0 saturated heterocycles. The number of amides is 1. The summed E-state index contributed by atoms with van der Waals surface area (Å²) < 4.78 is 10.1. The normalized spacial score (nSPS) is 10.4. The van der Waals surface area contributed by atoms with E-state index in [1.54, 1.807) is 43.6 Å². The molecule has 3 rings (SSSR count). The Labute approximate surface area is 150 Å². The highest BCUT2D eigenvalue weighted by molar-refractivity contribution is 6.05. The highest BCUT2D eigenvalue weighted by atomic mass is 16.5. The summed E-state index contributed by atoms with van der Waals surface area (Å²) in [5, 5.41) is 2.86. The molecule has 6 heteroatoms. The monoisotopic (exact) mass is 350 g/mol. The van der Waals surface area contributed by atoms with E-state index in [0.29, 0.717) is 17.0 Å². The molecule has 1 aromatic carbocycles. The molecule has 132 valence electrons. The zero-order valence-electron chi connectivity index (χ0n) is 14.7. The third-order valence-corrected chi connectivity index (χ3v) is 4.02. The second-order valence-electron chi connectivity index (χ2n) is 5.79. The Morgan fingerprint density at radius 2 is 1.85 bits per heavy atom. The van der Waals surface area contributed by atoms with Crippen molar-refractivity contribution in [2.45, 2.75) is 13.8 Å². The Kier molecular flexibility index (Phi) is 4.84. The quantitative estimate of drug-likeness (QED) is 0.719. The number of ether oxygens (including phenoxy) is 1. The maximum absolute atomic E-state index is 12.4. The van der Waals surface area contributed by atoms with Crippen LogP contribution < -0.4 is 5.32 Å². The molecule has 0 fully saturated rings. The molecule has 3 aromatic rings. The molecule has 0 aliphatic rings. The average Bonchev–Trinajstić information content (AvgIpc) is 3.03. The number of anilines is 1. The molecule has 0 atom stereocenters. The minimum Gasteiger partial charge on any atom is -0.463 e. The van der Waals surface area contributed by atoms with E-state index >= 15 is 0 Å². The van der Waals surface area contributed by atoms with Gasteiger partial charge in [-0.2, -0.15) is 0 Å². The number of pyridine rings is 1. The number of esters is 1. The van der Waals surface area contributed by atoms with Crippen molar-refractivity contribution in [2.24, 2.45) is 0 Å². The van der Waals surface area contributed by atoms with E-state index in [0.717, 1.165) is 16.7 Å². The topological polar surface area (TPSA) is 81.4 Å². The number of benzene rings is 1. The summed E-state index contributed by atoms with van der Waals surface area (Å²) in [6.07, 6.45) is 3.24. The van der Waals surface area contributed by atoms with Gasteiger partial charge in [0.05, 0.1) is 7.11 Å². The van der Waals surface area contributed by atoms with Gasteiger partial charge in [-0.1, -0.05) is 12.1 Å². The summed E-state index contributed by atoms with van der Waals surface area (Å²) in [4.78, 5) is 27.9. The van der Waals surface area contributed by atoms with E-state index in [1.807, 2.05) is 19.1 Å². The van der Waals surface area contributed by atoms with E-state index in [4.69, 9.17) is 4.42 Å². The molecule has 26 heavy (non-hydrogen) atoms. The molecule has 0 radical (unpaired) electrons. The molecule has 0 aliphatic heterocycles. The summed E-state index contributed by atoms with van der Waals surface area (Å²) in [6.45, 7) is 3.62. The number of nitrogens with one attached hydrogen (secondary N) is 1. The van der Waals surface area contributed by atoms with Crippen molar-refractivity contribution in [2.75, 3.05) is 12.4 Å². The Morgan fingerprint density at radius 1 is 1.12 bits per heavy atom. The summed E-state index contributed by atoms with van der Waals surface area (Å²) in [5.74, 6) is 0.0706. The fourth-order valence-corrected chi connectivity index (χ4v) is 2.63. The number of methoxy groups -OCH3 is 1. The van der Waals surface area contributed by atoms with E-state index < -0.39 is 5.97 Å². The molecule has 0 spiro atoms. The van der Waals surface area contributed by atoms with Gasteiger partial charge in [0.15, 0.2) is 0 Å². The van der Waals surface area contributed by atoms with Crippen LogP contribution in [0.4, 0.5) is 5.69 Å². The van der Waals surface area contributed by atoms with Gasteiger partial charge >= 0.3 is 5.97 Å². The van der Waals surface area contributed by atoms with Crippen LogP contribution in [-0.4, -0.2) is 24.0 Å². The van der Waals surface area contributed by atoms with Crippen LogP contribution in [0.2, 0.25) is 0 Å². The predicted octanol–water partition coefficient (Wildman–Crippen LogP) is 4.00. The van der Waals surface area contributed by atoms with Crippen LogP contribution in [0.25, 0.3) is 11.1 Å². The van der Waals surface area contributed by atoms with Crippen LogP contribution in [0.3, 0.4) is 0 Å². The number of furan rings is 1. The highest BCUT2D eigenvalue weighted by Crippen LogP contribution is 2.28. The molecule has 2 aromatic heterocycles. The number of nitrogens with zero attached hydrogens (tertiary/aromatic N) is 1. The largest absolute Gasteiger partial charge is 0.463 e. The lowest BCUT2D eigenvalue weighted by atomic mass is 10.1. The number of aromatic nitrogens is 1. The molecule has 1 N–H and O–H groups in total. The van der Waals surface area contributed by atoms with E-state index in [1.165, 1.54) is 7.11 Å². The molecular weight excluding hydrogens is 332 g/mol.